The number of nitrogens with zero attached hydrogens (tertiary/aromatic N) is 1. The molecule has 0 bridgehead atoms. The summed E-state index contributed by atoms with van der Waals surface area (Å²) in [4.78, 5) is 0. The van der Waals surface area contributed by atoms with Crippen molar-refractivity contribution < 1.29 is 0 Å². The van der Waals surface area contributed by atoms with Crippen LogP contribution in [-0.4, -0.2) is 30.7 Å². The summed E-state index contributed by atoms with van der Waals surface area (Å²) >= 11 is 0. The van der Waals surface area contributed by atoms with Gasteiger partial charge in [-0.2, -0.15) is 0 Å². The SMILES string of the molecule is CCCCC1CN([O-])CCN1. The van der Waals surface area contributed by atoms with Crippen molar-refractivity contribution in [1.82, 2.24) is 10.4 Å². The smallest absolute Gasteiger partial charge is 0.0186 e. The second kappa shape index (κ2) is 4.70. The topological polar surface area (TPSA) is 38.3 Å². The maximum atomic E-state index is 10.9. The summed E-state index contributed by atoms with van der Waals surface area (Å²) in [5, 5.41) is 15.4. The zero-order valence-corrected chi connectivity index (χ0v) is 7.18. The second-order valence-corrected chi connectivity index (χ2v) is 3.18. The summed E-state index contributed by atoms with van der Waals surface area (Å²) < 4.78 is 0. The van der Waals surface area contributed by atoms with Crippen LogP contribution in [-0.2, 0) is 0 Å². The van der Waals surface area contributed by atoms with Crippen molar-refractivity contribution in [2.45, 2.75) is 32.2 Å². The van der Waals surface area contributed by atoms with Crippen LogP contribution in [0.5, 0.6) is 0 Å². The van der Waals surface area contributed by atoms with Crippen LogP contribution in [0.1, 0.15) is 26.2 Å². The van der Waals surface area contributed by atoms with Crippen molar-refractivity contribution in [2.75, 3.05) is 19.6 Å². The Morgan fingerprint density at radius 2 is 2.45 bits per heavy atom. The number of hydroxylamine groups is 2. The van der Waals surface area contributed by atoms with Gasteiger partial charge >= 0.3 is 0 Å². The molecule has 1 heterocycles. The van der Waals surface area contributed by atoms with Gasteiger partial charge in [0, 0.05) is 19.1 Å². The molecular weight excluding hydrogens is 140 g/mol. The molecule has 0 aromatic heterocycles. The molecule has 1 atom stereocenters. The quantitative estimate of drug-likeness (QED) is 0.663. The average Bonchev–Trinajstić information content (AvgIpc) is 2.01. The van der Waals surface area contributed by atoms with E-state index in [-0.39, 0.29) is 0 Å². The molecule has 1 N–H and O–H groups in total. The van der Waals surface area contributed by atoms with Crippen molar-refractivity contribution in [3.05, 3.63) is 5.21 Å². The standard InChI is InChI=1S/C8H17N2O/c1-2-3-4-8-7-10(11)6-5-9-8/h8-9H,2-7H2,1H3/q-1. The molecule has 0 saturated carbocycles. The molecule has 0 aromatic carbocycles. The first-order valence-electron chi connectivity index (χ1n) is 4.48. The number of piperazine rings is 1. The van der Waals surface area contributed by atoms with E-state index in [1.54, 1.807) is 0 Å². The van der Waals surface area contributed by atoms with Crippen molar-refractivity contribution in [3.8, 4) is 0 Å². The summed E-state index contributed by atoms with van der Waals surface area (Å²) in [5.74, 6) is 0. The van der Waals surface area contributed by atoms with E-state index in [1.165, 1.54) is 12.8 Å². The zero-order valence-electron chi connectivity index (χ0n) is 7.18. The van der Waals surface area contributed by atoms with Crippen LogP contribution in [0.15, 0.2) is 0 Å². The van der Waals surface area contributed by atoms with E-state index < -0.39 is 0 Å². The van der Waals surface area contributed by atoms with Gasteiger partial charge in [-0.05, 0) is 13.0 Å². The number of nitrogens with one attached hydrogen (secondary N) is 1. The molecule has 1 aliphatic rings. The maximum Gasteiger partial charge on any atom is 0.0186 e. The van der Waals surface area contributed by atoms with Crippen LogP contribution in [0.25, 0.3) is 0 Å². The Morgan fingerprint density at radius 3 is 3.09 bits per heavy atom. The molecule has 1 rings (SSSR count). The van der Waals surface area contributed by atoms with Gasteiger partial charge in [-0.1, -0.05) is 19.8 Å². The lowest BCUT2D eigenvalue weighted by Crippen LogP contribution is -2.48. The fraction of sp³-hybridized carbons (Fsp3) is 1.00. The molecule has 66 valence electrons. The molecule has 0 spiro atoms. The summed E-state index contributed by atoms with van der Waals surface area (Å²) in [7, 11) is 0. The number of hydrogen-bond acceptors (Lipinski definition) is 3. The first kappa shape index (κ1) is 8.97. The number of rotatable bonds is 3. The molecule has 11 heavy (non-hydrogen) atoms. The highest BCUT2D eigenvalue weighted by atomic mass is 16.5. The third kappa shape index (κ3) is 3.18. The first-order valence-corrected chi connectivity index (χ1v) is 4.48. The fourth-order valence-electron chi connectivity index (χ4n) is 1.44. The Bertz CT molecular complexity index is 108. The van der Waals surface area contributed by atoms with Crippen LogP contribution >= 0.6 is 0 Å². The van der Waals surface area contributed by atoms with Gasteiger partial charge in [0.05, 0.1) is 0 Å². The lowest BCUT2D eigenvalue weighted by Gasteiger charge is -2.38. The normalized spacial score (nSPS) is 27.3. The van der Waals surface area contributed by atoms with Gasteiger partial charge in [-0.25, -0.2) is 0 Å². The van der Waals surface area contributed by atoms with Gasteiger partial charge in [0.2, 0.25) is 0 Å². The van der Waals surface area contributed by atoms with E-state index in [9.17, 15) is 5.21 Å². The maximum absolute atomic E-state index is 10.9. The van der Waals surface area contributed by atoms with Gasteiger partial charge in [0.1, 0.15) is 0 Å². The minimum Gasteiger partial charge on any atom is -0.785 e. The van der Waals surface area contributed by atoms with Crippen molar-refractivity contribution >= 4 is 0 Å². The summed E-state index contributed by atoms with van der Waals surface area (Å²) in [6.07, 6.45) is 3.60. The molecule has 0 amide bonds. The molecule has 1 saturated heterocycles. The van der Waals surface area contributed by atoms with Gasteiger partial charge in [0.15, 0.2) is 0 Å². The molecule has 1 aliphatic heterocycles. The lowest BCUT2D eigenvalue weighted by atomic mass is 10.1. The van der Waals surface area contributed by atoms with E-state index >= 15 is 0 Å². The first-order chi connectivity index (χ1) is 5.33. The molecule has 1 fully saturated rings. The van der Waals surface area contributed by atoms with Crippen LogP contribution in [0, 0.1) is 5.21 Å². The highest BCUT2D eigenvalue weighted by molar-refractivity contribution is 4.78. The Kier molecular flexibility index (Phi) is 3.83. The van der Waals surface area contributed by atoms with Crippen molar-refractivity contribution in [3.63, 3.8) is 0 Å². The minimum absolute atomic E-state index is 0.446. The largest absolute Gasteiger partial charge is 0.785 e. The van der Waals surface area contributed by atoms with Gasteiger partial charge < -0.3 is 15.6 Å². The minimum atomic E-state index is 0.446. The molecule has 1 unspecified atom stereocenters. The number of hydrogen-bond donors (Lipinski definition) is 1. The molecule has 0 radical (unpaired) electrons. The molecular formula is C8H17N2O-. The van der Waals surface area contributed by atoms with Crippen LogP contribution < -0.4 is 5.32 Å². The molecule has 3 nitrogen and oxygen atoms in total. The summed E-state index contributed by atoms with van der Waals surface area (Å²) in [5.41, 5.74) is 0. The highest BCUT2D eigenvalue weighted by Crippen LogP contribution is 2.05. The summed E-state index contributed by atoms with van der Waals surface area (Å²) in [6.45, 7) is 4.37. The Balaban J connectivity index is 2.12. The predicted octanol–water partition coefficient (Wildman–Crippen LogP) is 0.948. The van der Waals surface area contributed by atoms with Gasteiger partial charge in [0.25, 0.3) is 0 Å². The zero-order chi connectivity index (χ0) is 8.10. The van der Waals surface area contributed by atoms with Crippen LogP contribution in [0.4, 0.5) is 0 Å². The third-order valence-electron chi connectivity index (χ3n) is 2.12. The van der Waals surface area contributed by atoms with Crippen LogP contribution in [0.3, 0.4) is 0 Å². The highest BCUT2D eigenvalue weighted by Gasteiger charge is 2.11. The van der Waals surface area contributed by atoms with Gasteiger partial charge in [-0.3, -0.25) is 0 Å². The van der Waals surface area contributed by atoms with Crippen molar-refractivity contribution in [2.24, 2.45) is 0 Å². The van der Waals surface area contributed by atoms with E-state index in [0.717, 1.165) is 18.0 Å². The van der Waals surface area contributed by atoms with Gasteiger partial charge in [-0.15, -0.1) is 0 Å². The van der Waals surface area contributed by atoms with E-state index in [1.807, 2.05) is 0 Å². The van der Waals surface area contributed by atoms with Crippen molar-refractivity contribution in [1.29, 1.82) is 0 Å². The number of unbranched alkanes of at least 4 members (excludes halogenated alkanes) is 1. The van der Waals surface area contributed by atoms with E-state index in [2.05, 4.69) is 12.2 Å². The average molecular weight is 157 g/mol. The van der Waals surface area contributed by atoms with Crippen LogP contribution in [0.2, 0.25) is 0 Å². The summed E-state index contributed by atoms with van der Waals surface area (Å²) in [6, 6.07) is 0.446. The molecule has 0 aromatic rings. The fourth-order valence-corrected chi connectivity index (χ4v) is 1.44. The molecule has 3 heteroatoms. The molecule has 0 aliphatic carbocycles. The van der Waals surface area contributed by atoms with E-state index in [4.69, 9.17) is 0 Å². The van der Waals surface area contributed by atoms with E-state index in [0.29, 0.717) is 19.1 Å². The Hall–Kier alpha value is -0.120. The monoisotopic (exact) mass is 157 g/mol. The Labute approximate surface area is 68.3 Å². The third-order valence-corrected chi connectivity index (χ3v) is 2.12. The second-order valence-electron chi connectivity index (χ2n) is 3.18. The Morgan fingerprint density at radius 1 is 1.64 bits per heavy atom. The predicted molar refractivity (Wildman–Crippen MR) is 46.3 cm³/mol. The lowest BCUT2D eigenvalue weighted by molar-refractivity contribution is 0.255.